The molecule has 0 aliphatic carbocycles. The molecule has 1 amide bonds. The van der Waals surface area contributed by atoms with Crippen LogP contribution in [0.2, 0.25) is 5.02 Å². The number of aromatic nitrogens is 2. The summed E-state index contributed by atoms with van der Waals surface area (Å²) in [6, 6.07) is 6.73. The molecule has 9 nitrogen and oxygen atoms in total. The number of nitrogens with one attached hydrogen (secondary N) is 1. The normalized spacial score (nSPS) is 17.3. The third-order valence-electron chi connectivity index (χ3n) is 4.56. The van der Waals surface area contributed by atoms with Gasteiger partial charge in [0.25, 0.3) is 0 Å². The molecule has 2 aromatic rings. The topological polar surface area (TPSA) is 119 Å². The molecule has 1 atom stereocenters. The molecule has 0 spiro atoms. The standard InChI is InChI=1S/C18H21ClN4O5S3/c1-28-15(24)10-29-18-22-21-17(30-18)20-16(25)13-5-3-7-23(9-13)31(26,27)11-12-4-2-6-14(19)8-12/h2,4,6,8,13H,3,5,7,9-11H2,1H3,(H,20,21,25). The molecule has 168 valence electrons. The lowest BCUT2D eigenvalue weighted by molar-refractivity contribution is -0.137. The lowest BCUT2D eigenvalue weighted by atomic mass is 9.99. The average molecular weight is 505 g/mol. The summed E-state index contributed by atoms with van der Waals surface area (Å²) in [7, 11) is -2.28. The Labute approximate surface area is 193 Å². The van der Waals surface area contributed by atoms with Crippen LogP contribution in [0.4, 0.5) is 5.13 Å². The van der Waals surface area contributed by atoms with Crippen molar-refractivity contribution in [2.24, 2.45) is 5.92 Å². The van der Waals surface area contributed by atoms with Crippen molar-refractivity contribution in [2.45, 2.75) is 22.9 Å². The number of anilines is 1. The number of thioether (sulfide) groups is 1. The van der Waals surface area contributed by atoms with Crippen molar-refractivity contribution in [3.63, 3.8) is 0 Å². The molecule has 1 aromatic heterocycles. The molecule has 13 heteroatoms. The first-order chi connectivity index (χ1) is 14.8. The Morgan fingerprint density at radius 1 is 1.39 bits per heavy atom. The van der Waals surface area contributed by atoms with E-state index in [9.17, 15) is 18.0 Å². The van der Waals surface area contributed by atoms with Crippen LogP contribution in [0.1, 0.15) is 18.4 Å². The minimum absolute atomic E-state index is 0.0984. The van der Waals surface area contributed by atoms with Gasteiger partial charge in [0.15, 0.2) is 4.34 Å². The molecule has 3 rings (SSSR count). The number of ether oxygens (including phenoxy) is 1. The number of hydrogen-bond acceptors (Lipinski definition) is 9. The number of hydrogen-bond donors (Lipinski definition) is 1. The highest BCUT2D eigenvalue weighted by Crippen LogP contribution is 2.27. The molecule has 0 radical (unpaired) electrons. The molecule has 1 N–H and O–H groups in total. The van der Waals surface area contributed by atoms with E-state index in [1.807, 2.05) is 0 Å². The van der Waals surface area contributed by atoms with Crippen molar-refractivity contribution in [3.05, 3.63) is 34.9 Å². The maximum absolute atomic E-state index is 12.8. The molecular formula is C18H21ClN4O5S3. The number of methoxy groups -OCH3 is 1. The highest BCUT2D eigenvalue weighted by Gasteiger charge is 2.32. The van der Waals surface area contributed by atoms with E-state index in [2.05, 4.69) is 20.3 Å². The predicted molar refractivity (Wildman–Crippen MR) is 120 cm³/mol. The second-order valence-electron chi connectivity index (χ2n) is 6.81. The molecule has 1 unspecified atom stereocenters. The molecule has 1 saturated heterocycles. The van der Waals surface area contributed by atoms with Gasteiger partial charge in [0, 0.05) is 18.1 Å². The van der Waals surface area contributed by atoms with Crippen molar-refractivity contribution in [3.8, 4) is 0 Å². The summed E-state index contributed by atoms with van der Waals surface area (Å²) in [5, 5.41) is 11.3. The molecular weight excluding hydrogens is 484 g/mol. The Hall–Kier alpha value is -1.73. The monoisotopic (exact) mass is 504 g/mol. The fourth-order valence-electron chi connectivity index (χ4n) is 3.04. The van der Waals surface area contributed by atoms with Crippen molar-refractivity contribution in [2.75, 3.05) is 31.3 Å². The molecule has 0 saturated carbocycles. The predicted octanol–water partition coefficient (Wildman–Crippen LogP) is 2.64. The van der Waals surface area contributed by atoms with E-state index < -0.39 is 15.9 Å². The van der Waals surface area contributed by atoms with Gasteiger partial charge < -0.3 is 10.1 Å². The van der Waals surface area contributed by atoms with Gasteiger partial charge in [0.2, 0.25) is 21.1 Å². The lowest BCUT2D eigenvalue weighted by Gasteiger charge is -2.31. The zero-order chi connectivity index (χ0) is 22.4. The number of carbonyl (C=O) groups is 2. The molecule has 2 heterocycles. The van der Waals surface area contributed by atoms with E-state index in [0.717, 1.165) is 23.1 Å². The summed E-state index contributed by atoms with van der Waals surface area (Å²) in [4.78, 5) is 23.9. The van der Waals surface area contributed by atoms with Crippen molar-refractivity contribution < 1.29 is 22.7 Å². The zero-order valence-corrected chi connectivity index (χ0v) is 19.8. The van der Waals surface area contributed by atoms with Crippen LogP contribution in [0, 0.1) is 5.92 Å². The van der Waals surface area contributed by atoms with Crippen LogP contribution < -0.4 is 5.32 Å². The fourth-order valence-corrected chi connectivity index (χ4v) is 6.44. The van der Waals surface area contributed by atoms with Crippen molar-refractivity contribution in [1.29, 1.82) is 0 Å². The van der Waals surface area contributed by atoms with Gasteiger partial charge in [0.05, 0.1) is 24.5 Å². The Balaban J connectivity index is 1.58. The second kappa shape index (κ2) is 10.7. The number of benzene rings is 1. The van der Waals surface area contributed by atoms with Crippen LogP contribution in [0.3, 0.4) is 0 Å². The van der Waals surface area contributed by atoms with Gasteiger partial charge in [-0.2, -0.15) is 0 Å². The largest absolute Gasteiger partial charge is 0.468 e. The summed E-state index contributed by atoms with van der Waals surface area (Å²) in [5.74, 6) is -1.24. The Bertz CT molecular complexity index is 1050. The Morgan fingerprint density at radius 2 is 2.19 bits per heavy atom. The minimum Gasteiger partial charge on any atom is -0.468 e. The summed E-state index contributed by atoms with van der Waals surface area (Å²) in [6.45, 7) is 0.483. The maximum atomic E-state index is 12.8. The molecule has 1 aliphatic heterocycles. The van der Waals surface area contributed by atoms with Gasteiger partial charge in [-0.15, -0.1) is 10.2 Å². The van der Waals surface area contributed by atoms with E-state index >= 15 is 0 Å². The Morgan fingerprint density at radius 3 is 2.94 bits per heavy atom. The molecule has 0 bridgehead atoms. The summed E-state index contributed by atoms with van der Waals surface area (Å²) < 4.78 is 32.1. The number of amides is 1. The molecule has 1 aliphatic rings. The summed E-state index contributed by atoms with van der Waals surface area (Å²) in [5.41, 5.74) is 0.602. The number of rotatable bonds is 8. The number of halogens is 1. The Kier molecular flexibility index (Phi) is 8.28. The minimum atomic E-state index is -3.58. The van der Waals surface area contributed by atoms with Crippen LogP contribution in [0.15, 0.2) is 28.6 Å². The summed E-state index contributed by atoms with van der Waals surface area (Å²) in [6.07, 6.45) is 1.17. The van der Waals surface area contributed by atoms with Crippen LogP contribution in [-0.2, 0) is 30.1 Å². The van der Waals surface area contributed by atoms with Gasteiger partial charge in [-0.1, -0.05) is 46.8 Å². The number of nitrogens with zero attached hydrogens (tertiary/aromatic N) is 3. The average Bonchev–Trinajstić information content (AvgIpc) is 3.19. The van der Waals surface area contributed by atoms with Gasteiger partial charge in [-0.25, -0.2) is 12.7 Å². The first kappa shape index (κ1) is 23.9. The first-order valence-corrected chi connectivity index (χ1v) is 13.1. The van der Waals surface area contributed by atoms with Crippen LogP contribution in [-0.4, -0.2) is 60.7 Å². The SMILES string of the molecule is COC(=O)CSc1nnc(NC(=O)C2CCCN(S(=O)(=O)Cc3cccc(Cl)c3)C2)s1. The van der Waals surface area contributed by atoms with Gasteiger partial charge in [-0.05, 0) is 30.5 Å². The summed E-state index contributed by atoms with van der Waals surface area (Å²) >= 11 is 8.26. The highest BCUT2D eigenvalue weighted by atomic mass is 35.5. The van der Waals surface area contributed by atoms with E-state index in [4.69, 9.17) is 11.6 Å². The lowest BCUT2D eigenvalue weighted by Crippen LogP contribution is -2.44. The van der Waals surface area contributed by atoms with E-state index in [1.54, 1.807) is 24.3 Å². The van der Waals surface area contributed by atoms with Crippen LogP contribution in [0.25, 0.3) is 0 Å². The number of esters is 1. The molecule has 1 aromatic carbocycles. The maximum Gasteiger partial charge on any atom is 0.316 e. The third kappa shape index (κ3) is 6.88. The molecule has 31 heavy (non-hydrogen) atoms. The van der Waals surface area contributed by atoms with Crippen molar-refractivity contribution >= 4 is 61.7 Å². The second-order valence-corrected chi connectivity index (χ2v) is 11.4. The smallest absolute Gasteiger partial charge is 0.316 e. The third-order valence-corrected chi connectivity index (χ3v) is 8.56. The number of piperidine rings is 1. The fraction of sp³-hybridized carbons (Fsp3) is 0.444. The van der Waals surface area contributed by atoms with Gasteiger partial charge in [0.1, 0.15) is 0 Å². The zero-order valence-electron chi connectivity index (χ0n) is 16.6. The molecule has 1 fully saturated rings. The number of carbonyl (C=O) groups excluding carboxylic acids is 2. The van der Waals surface area contributed by atoms with E-state index in [-0.39, 0.29) is 29.9 Å². The van der Waals surface area contributed by atoms with Crippen LogP contribution in [0.5, 0.6) is 0 Å². The quantitative estimate of drug-likeness (QED) is 0.331. The highest BCUT2D eigenvalue weighted by molar-refractivity contribution is 8.01. The van der Waals surface area contributed by atoms with E-state index in [0.29, 0.717) is 39.4 Å². The first-order valence-electron chi connectivity index (χ1n) is 9.33. The van der Waals surface area contributed by atoms with Gasteiger partial charge in [-0.3, -0.25) is 9.59 Å². The van der Waals surface area contributed by atoms with Gasteiger partial charge >= 0.3 is 5.97 Å². The van der Waals surface area contributed by atoms with E-state index in [1.165, 1.54) is 11.4 Å². The van der Waals surface area contributed by atoms with Crippen LogP contribution >= 0.6 is 34.7 Å². The number of sulfonamides is 1. The van der Waals surface area contributed by atoms with Crippen molar-refractivity contribution in [1.82, 2.24) is 14.5 Å².